The fourth-order valence-corrected chi connectivity index (χ4v) is 3.30. The molecule has 0 atom stereocenters. The Bertz CT molecular complexity index is 891. The Labute approximate surface area is 152 Å². The van der Waals surface area contributed by atoms with E-state index in [9.17, 15) is 10.1 Å². The second-order valence-electron chi connectivity index (χ2n) is 6.46. The van der Waals surface area contributed by atoms with Crippen LogP contribution in [0.25, 0.3) is 0 Å². The third kappa shape index (κ3) is 3.34. The van der Waals surface area contributed by atoms with Gasteiger partial charge in [-0.3, -0.25) is 9.36 Å². The Morgan fingerprint density at radius 2 is 1.96 bits per heavy atom. The molecule has 0 aliphatic carbocycles. The second kappa shape index (κ2) is 7.45. The average Bonchev–Trinajstić information content (AvgIpc) is 2.64. The number of nitrogen functional groups attached to an aromatic ring is 1. The highest BCUT2D eigenvalue weighted by atomic mass is 16.1. The fourth-order valence-electron chi connectivity index (χ4n) is 3.30. The Kier molecular flexibility index (Phi) is 5.09. The minimum absolute atomic E-state index is 0.116. The highest BCUT2D eigenvalue weighted by molar-refractivity contribution is 5.63. The van der Waals surface area contributed by atoms with E-state index < -0.39 is 0 Å². The Hall–Kier alpha value is -3.05. The highest BCUT2D eigenvalue weighted by Crippen LogP contribution is 2.23. The van der Waals surface area contributed by atoms with Crippen LogP contribution in [0.15, 0.2) is 29.1 Å². The molecule has 1 fully saturated rings. The summed E-state index contributed by atoms with van der Waals surface area (Å²) in [6.07, 6.45) is 3.25. The lowest BCUT2D eigenvalue weighted by molar-refractivity contribution is 0.551. The van der Waals surface area contributed by atoms with Crippen LogP contribution in [0.5, 0.6) is 0 Å². The maximum atomic E-state index is 13.1. The lowest BCUT2D eigenvalue weighted by Gasteiger charge is -2.30. The van der Waals surface area contributed by atoms with Gasteiger partial charge in [-0.05, 0) is 30.9 Å². The summed E-state index contributed by atoms with van der Waals surface area (Å²) in [6.45, 7) is 1.88. The predicted molar refractivity (Wildman–Crippen MR) is 102 cm³/mol. The molecule has 0 spiro atoms. The van der Waals surface area contributed by atoms with Crippen molar-refractivity contribution in [2.75, 3.05) is 35.8 Å². The average molecular weight is 353 g/mol. The minimum atomic E-state index is -0.309. The van der Waals surface area contributed by atoms with E-state index in [-0.39, 0.29) is 23.6 Å². The summed E-state index contributed by atoms with van der Waals surface area (Å²) in [4.78, 5) is 19.7. The predicted octanol–water partition coefficient (Wildman–Crippen LogP) is 1.05. The van der Waals surface area contributed by atoms with E-state index in [2.05, 4.69) is 16.0 Å². The van der Waals surface area contributed by atoms with Crippen molar-refractivity contribution in [1.82, 2.24) is 9.55 Å². The standard InChI is InChI=1S/C18H23N7O/c1-23(21)15-16(20)22-18(24-9-5-2-6-10-24)25(17(15)26)12-14-8-4-3-7-13(14)11-19/h3-4,7-8H,2,5-6,9-10,12,20-21H2,1H3. The van der Waals surface area contributed by atoms with Crippen LogP contribution in [0.1, 0.15) is 30.4 Å². The molecular weight excluding hydrogens is 330 g/mol. The van der Waals surface area contributed by atoms with Gasteiger partial charge in [-0.1, -0.05) is 18.2 Å². The van der Waals surface area contributed by atoms with E-state index in [0.29, 0.717) is 11.5 Å². The van der Waals surface area contributed by atoms with Crippen molar-refractivity contribution < 1.29 is 0 Å². The first-order valence-electron chi connectivity index (χ1n) is 8.64. The molecule has 0 saturated carbocycles. The number of hydrogen-bond donors (Lipinski definition) is 2. The number of nitrogens with two attached hydrogens (primary N) is 2. The van der Waals surface area contributed by atoms with Gasteiger partial charge in [-0.2, -0.15) is 10.2 Å². The third-order valence-electron chi connectivity index (χ3n) is 4.61. The number of piperidine rings is 1. The monoisotopic (exact) mass is 353 g/mol. The van der Waals surface area contributed by atoms with E-state index in [1.54, 1.807) is 23.7 Å². The Morgan fingerprint density at radius 3 is 2.62 bits per heavy atom. The molecule has 26 heavy (non-hydrogen) atoms. The molecule has 0 bridgehead atoms. The van der Waals surface area contributed by atoms with Gasteiger partial charge in [-0.25, -0.2) is 5.84 Å². The van der Waals surface area contributed by atoms with E-state index in [1.807, 2.05) is 12.1 Å². The van der Waals surface area contributed by atoms with Crippen LogP contribution in [0, 0.1) is 11.3 Å². The van der Waals surface area contributed by atoms with Crippen molar-refractivity contribution in [1.29, 1.82) is 5.26 Å². The molecule has 8 heteroatoms. The van der Waals surface area contributed by atoms with E-state index in [1.165, 1.54) is 5.01 Å². The normalized spacial score (nSPS) is 14.1. The summed E-state index contributed by atoms with van der Waals surface area (Å²) in [5.74, 6) is 6.45. The molecule has 0 amide bonds. The zero-order chi connectivity index (χ0) is 18.7. The molecule has 4 N–H and O–H groups in total. The zero-order valence-electron chi connectivity index (χ0n) is 14.9. The van der Waals surface area contributed by atoms with Crippen molar-refractivity contribution in [3.63, 3.8) is 0 Å². The smallest absolute Gasteiger partial charge is 0.282 e. The van der Waals surface area contributed by atoms with Gasteiger partial charge in [0, 0.05) is 20.1 Å². The third-order valence-corrected chi connectivity index (χ3v) is 4.61. The summed E-state index contributed by atoms with van der Waals surface area (Å²) >= 11 is 0. The number of benzene rings is 1. The molecule has 1 aliphatic heterocycles. The lowest BCUT2D eigenvalue weighted by atomic mass is 10.1. The van der Waals surface area contributed by atoms with Crippen molar-refractivity contribution in [3.8, 4) is 6.07 Å². The maximum Gasteiger partial charge on any atom is 0.282 e. The number of anilines is 3. The molecule has 1 saturated heterocycles. The summed E-state index contributed by atoms with van der Waals surface area (Å²) in [6, 6.07) is 9.40. The topological polar surface area (TPSA) is 117 Å². The Balaban J connectivity index is 2.15. The van der Waals surface area contributed by atoms with E-state index in [4.69, 9.17) is 11.6 Å². The largest absolute Gasteiger partial charge is 0.382 e. The summed E-state index contributed by atoms with van der Waals surface area (Å²) in [5.41, 5.74) is 7.15. The zero-order valence-corrected chi connectivity index (χ0v) is 14.9. The molecular formula is C18H23N7O. The quantitative estimate of drug-likeness (QED) is 0.623. The van der Waals surface area contributed by atoms with Crippen LogP contribution >= 0.6 is 0 Å². The number of nitrogens with zero attached hydrogens (tertiary/aromatic N) is 5. The molecule has 2 heterocycles. The van der Waals surface area contributed by atoms with Gasteiger partial charge >= 0.3 is 0 Å². The first kappa shape index (κ1) is 17.8. The number of aromatic nitrogens is 2. The number of hydrazine groups is 1. The van der Waals surface area contributed by atoms with Crippen molar-refractivity contribution in [3.05, 3.63) is 45.7 Å². The molecule has 8 nitrogen and oxygen atoms in total. The van der Waals surface area contributed by atoms with Crippen LogP contribution in [0.3, 0.4) is 0 Å². The van der Waals surface area contributed by atoms with Crippen molar-refractivity contribution >= 4 is 17.5 Å². The van der Waals surface area contributed by atoms with Crippen molar-refractivity contribution in [2.24, 2.45) is 5.84 Å². The van der Waals surface area contributed by atoms with Gasteiger partial charge in [0.25, 0.3) is 5.56 Å². The Morgan fingerprint density at radius 1 is 1.27 bits per heavy atom. The number of nitriles is 1. The van der Waals surface area contributed by atoms with Crippen LogP contribution in [-0.4, -0.2) is 29.7 Å². The molecule has 3 rings (SSSR count). The van der Waals surface area contributed by atoms with Gasteiger partial charge in [-0.15, -0.1) is 0 Å². The highest BCUT2D eigenvalue weighted by Gasteiger charge is 2.22. The van der Waals surface area contributed by atoms with Gasteiger partial charge in [0.15, 0.2) is 11.5 Å². The molecule has 136 valence electrons. The van der Waals surface area contributed by atoms with Crippen LogP contribution in [-0.2, 0) is 6.54 Å². The lowest BCUT2D eigenvalue weighted by Crippen LogP contribution is -2.40. The molecule has 0 unspecified atom stereocenters. The second-order valence-corrected chi connectivity index (χ2v) is 6.46. The molecule has 2 aromatic rings. The fraction of sp³-hybridized carbons (Fsp3) is 0.389. The SMILES string of the molecule is CN(N)c1c(N)nc(N2CCCCC2)n(Cc2ccccc2C#N)c1=O. The van der Waals surface area contributed by atoms with Crippen LogP contribution in [0.4, 0.5) is 17.5 Å². The first-order chi connectivity index (χ1) is 12.5. The maximum absolute atomic E-state index is 13.1. The minimum Gasteiger partial charge on any atom is -0.382 e. The van der Waals surface area contributed by atoms with Gasteiger partial charge < -0.3 is 15.6 Å². The summed E-state index contributed by atoms with van der Waals surface area (Å²) in [7, 11) is 1.56. The molecule has 1 aromatic carbocycles. The number of rotatable bonds is 4. The van der Waals surface area contributed by atoms with Gasteiger partial charge in [0.05, 0.1) is 18.2 Å². The van der Waals surface area contributed by atoms with Crippen molar-refractivity contribution in [2.45, 2.75) is 25.8 Å². The molecule has 1 aliphatic rings. The van der Waals surface area contributed by atoms with Gasteiger partial charge in [0.1, 0.15) is 0 Å². The van der Waals surface area contributed by atoms with E-state index >= 15 is 0 Å². The summed E-state index contributed by atoms with van der Waals surface area (Å²) in [5, 5.41) is 10.6. The number of hydrogen-bond acceptors (Lipinski definition) is 7. The first-order valence-corrected chi connectivity index (χ1v) is 8.64. The molecule has 0 radical (unpaired) electrons. The van der Waals surface area contributed by atoms with Crippen LogP contribution < -0.4 is 27.0 Å². The summed E-state index contributed by atoms with van der Waals surface area (Å²) < 4.78 is 1.57. The molecule has 1 aromatic heterocycles. The van der Waals surface area contributed by atoms with E-state index in [0.717, 1.165) is 37.9 Å². The van der Waals surface area contributed by atoms with Gasteiger partial charge in [0.2, 0.25) is 5.95 Å². The van der Waals surface area contributed by atoms with Crippen LogP contribution in [0.2, 0.25) is 0 Å².